The van der Waals surface area contributed by atoms with E-state index >= 15 is 0 Å². The van der Waals surface area contributed by atoms with Gasteiger partial charge in [-0.1, -0.05) is 35.9 Å². The first kappa shape index (κ1) is 30.7. The third kappa shape index (κ3) is 7.10. The Balaban J connectivity index is 1.20. The molecule has 0 bridgehead atoms. The van der Waals surface area contributed by atoms with Crippen molar-refractivity contribution in [1.82, 2.24) is 30.2 Å². The summed E-state index contributed by atoms with van der Waals surface area (Å²) in [6.45, 7) is 4.36. The highest BCUT2D eigenvalue weighted by Gasteiger charge is 2.34. The molecule has 2 saturated carbocycles. The number of aryl methyl sites for hydroxylation is 1. The lowest BCUT2D eigenvalue weighted by atomic mass is 9.89. The van der Waals surface area contributed by atoms with Gasteiger partial charge in [-0.25, -0.2) is 0 Å². The molecule has 0 amide bonds. The summed E-state index contributed by atoms with van der Waals surface area (Å²) in [4.78, 5) is 5.03. The van der Waals surface area contributed by atoms with Gasteiger partial charge in [-0.3, -0.25) is 10.2 Å². The Labute approximate surface area is 276 Å². The number of likely N-dealkylation sites (N-methyl/N-ethyl adjacent to an activating group) is 2. The second-order valence-electron chi connectivity index (χ2n) is 13.8. The fourth-order valence-corrected chi connectivity index (χ4v) is 7.79. The molecule has 2 aliphatic carbocycles. The van der Waals surface area contributed by atoms with E-state index in [4.69, 9.17) is 23.2 Å². The lowest BCUT2D eigenvalue weighted by Crippen LogP contribution is -2.40. The van der Waals surface area contributed by atoms with E-state index in [1.54, 1.807) is 0 Å². The highest BCUT2D eigenvalue weighted by molar-refractivity contribution is 6.21. The van der Waals surface area contributed by atoms with Crippen molar-refractivity contribution >= 4 is 45.0 Å². The molecule has 2 fully saturated rings. The van der Waals surface area contributed by atoms with Gasteiger partial charge in [0.05, 0.1) is 34.2 Å². The van der Waals surface area contributed by atoms with Gasteiger partial charge >= 0.3 is 0 Å². The number of aromatic amines is 2. The predicted octanol–water partition coefficient (Wildman–Crippen LogP) is 8.21. The highest BCUT2D eigenvalue weighted by Crippen LogP contribution is 2.38. The second kappa shape index (κ2) is 13.1. The molecule has 3 aromatic carbocycles. The number of hydrogen-bond acceptors (Lipinski definition) is 4. The molecule has 7 rings (SSSR count). The van der Waals surface area contributed by atoms with E-state index in [0.29, 0.717) is 0 Å². The first-order valence-electron chi connectivity index (χ1n) is 16.5. The first-order valence-corrected chi connectivity index (χ1v) is 17.3. The van der Waals surface area contributed by atoms with Crippen molar-refractivity contribution in [3.05, 3.63) is 94.8 Å². The van der Waals surface area contributed by atoms with Crippen LogP contribution in [-0.4, -0.2) is 69.5 Å². The van der Waals surface area contributed by atoms with Gasteiger partial charge in [-0.15, -0.1) is 23.2 Å². The molecule has 2 heterocycles. The Morgan fingerprint density at radius 1 is 0.689 bits per heavy atom. The minimum absolute atomic E-state index is 0.148. The minimum atomic E-state index is -0.155. The zero-order valence-electron chi connectivity index (χ0n) is 26.5. The molecule has 2 aliphatic rings. The van der Waals surface area contributed by atoms with Gasteiger partial charge in [0.25, 0.3) is 0 Å². The number of nitrogens with zero attached hydrogens (tertiary/aromatic N) is 4. The number of halogens is 2. The maximum absolute atomic E-state index is 7.46. The van der Waals surface area contributed by atoms with Crippen LogP contribution in [-0.2, 0) is 12.8 Å². The summed E-state index contributed by atoms with van der Waals surface area (Å²) in [5.74, 6) is 1.56. The molecular weight excluding hydrogens is 599 g/mol. The van der Waals surface area contributed by atoms with E-state index in [0.717, 1.165) is 70.7 Å². The van der Waals surface area contributed by atoms with Crippen molar-refractivity contribution < 1.29 is 0 Å². The fourth-order valence-electron chi connectivity index (χ4n) is 6.96. The number of fused-ring (bicyclic) bond motifs is 2. The SMILES string of the molecule is Cc1ccc(C[C@@H]([C@@H](Cl)c2ccc3[nH]ncc3c2)N(C)CC2CC2)c(C[C@@H]([C@@H](Cl)c2ccc3[nH]ncc3c2)N(C)CC2CC2)c1. The number of alkyl halides is 2. The van der Waals surface area contributed by atoms with E-state index in [9.17, 15) is 0 Å². The van der Waals surface area contributed by atoms with Crippen molar-refractivity contribution in [1.29, 1.82) is 0 Å². The van der Waals surface area contributed by atoms with Crippen LogP contribution >= 0.6 is 23.2 Å². The quantitative estimate of drug-likeness (QED) is 0.120. The van der Waals surface area contributed by atoms with Gasteiger partial charge in [0.15, 0.2) is 0 Å². The number of hydrogen-bond donors (Lipinski definition) is 2. The van der Waals surface area contributed by atoms with Crippen LogP contribution < -0.4 is 0 Å². The van der Waals surface area contributed by atoms with Crippen molar-refractivity contribution in [3.8, 4) is 0 Å². The van der Waals surface area contributed by atoms with Crippen LogP contribution in [0.1, 0.15) is 64.3 Å². The van der Waals surface area contributed by atoms with Gasteiger partial charge in [0, 0.05) is 35.9 Å². The largest absolute Gasteiger partial charge is 0.301 e. The maximum atomic E-state index is 7.46. The number of rotatable bonds is 14. The summed E-state index contributed by atoms with van der Waals surface area (Å²) >= 11 is 14.9. The molecule has 0 spiro atoms. The minimum Gasteiger partial charge on any atom is -0.301 e. The van der Waals surface area contributed by atoms with Crippen molar-refractivity contribution in [3.63, 3.8) is 0 Å². The number of nitrogens with one attached hydrogen (secondary N) is 2. The molecule has 0 radical (unpaired) electrons. The molecule has 0 saturated heterocycles. The zero-order valence-corrected chi connectivity index (χ0v) is 28.0. The Hall–Kier alpha value is -2.90. The van der Waals surface area contributed by atoms with Crippen LogP contribution in [0.5, 0.6) is 0 Å². The number of aromatic nitrogens is 4. The summed E-state index contributed by atoms with van der Waals surface area (Å²) in [7, 11) is 4.52. The third-order valence-corrected chi connectivity index (χ3v) is 11.2. The molecule has 0 aliphatic heterocycles. The van der Waals surface area contributed by atoms with Crippen LogP contribution in [0.25, 0.3) is 21.8 Å². The monoisotopic (exact) mass is 642 g/mol. The molecule has 45 heavy (non-hydrogen) atoms. The maximum Gasteiger partial charge on any atom is 0.0744 e. The Morgan fingerprint density at radius 3 is 1.67 bits per heavy atom. The standard InChI is InChI=1S/C37H44Cl2N6/c1-23-4-9-26(17-34(44(2)21-24-5-6-24)36(38)27-10-12-32-30(15-27)19-40-42-32)29(14-23)18-35(45(3)22-25-7-8-25)37(39)28-11-13-33-31(16-28)20-41-43-33/h4,9-16,19-20,24-25,34-37H,5-8,17-18,21-22H2,1-3H3,(H,40,42)(H,41,43)/t34-,35-,36-,37-/m0/s1. The lowest BCUT2D eigenvalue weighted by Gasteiger charge is -2.35. The second-order valence-corrected chi connectivity index (χ2v) is 14.8. The molecule has 5 aromatic rings. The van der Waals surface area contributed by atoms with Crippen LogP contribution in [0.3, 0.4) is 0 Å². The Bertz CT molecular complexity index is 1750. The molecule has 6 nitrogen and oxygen atoms in total. The number of H-pyrrole nitrogens is 2. The average molecular weight is 644 g/mol. The Morgan fingerprint density at radius 2 is 1.18 bits per heavy atom. The zero-order chi connectivity index (χ0) is 31.1. The van der Waals surface area contributed by atoms with Crippen molar-refractivity contribution in [2.45, 2.75) is 68.3 Å². The van der Waals surface area contributed by atoms with Crippen molar-refractivity contribution in [2.24, 2.45) is 11.8 Å². The van der Waals surface area contributed by atoms with Gasteiger partial charge in [0.1, 0.15) is 0 Å². The highest BCUT2D eigenvalue weighted by atomic mass is 35.5. The normalized spacial score (nSPS) is 18.2. The molecular formula is C37H44Cl2N6. The number of benzene rings is 3. The van der Waals surface area contributed by atoms with Gasteiger partial charge in [-0.05, 0) is 118 Å². The lowest BCUT2D eigenvalue weighted by molar-refractivity contribution is 0.219. The van der Waals surface area contributed by atoms with Gasteiger partial charge < -0.3 is 9.80 Å². The van der Waals surface area contributed by atoms with E-state index in [2.05, 4.69) is 106 Å². The van der Waals surface area contributed by atoms with Gasteiger partial charge in [-0.2, -0.15) is 10.2 Å². The summed E-state index contributed by atoms with van der Waals surface area (Å²) in [5.41, 5.74) is 8.37. The van der Waals surface area contributed by atoms with Gasteiger partial charge in [0.2, 0.25) is 0 Å². The van der Waals surface area contributed by atoms with Crippen molar-refractivity contribution in [2.75, 3.05) is 27.2 Å². The first-order chi connectivity index (χ1) is 21.8. The van der Waals surface area contributed by atoms with Crippen LogP contribution in [0.15, 0.2) is 67.0 Å². The summed E-state index contributed by atoms with van der Waals surface area (Å²) in [6.07, 6.45) is 10.8. The van der Waals surface area contributed by atoms with E-state index in [1.165, 1.54) is 42.4 Å². The summed E-state index contributed by atoms with van der Waals surface area (Å²) in [5, 5.41) is 16.5. The molecule has 8 heteroatoms. The summed E-state index contributed by atoms with van der Waals surface area (Å²) < 4.78 is 0. The predicted molar refractivity (Wildman–Crippen MR) is 186 cm³/mol. The smallest absolute Gasteiger partial charge is 0.0744 e. The van der Waals surface area contributed by atoms with Crippen LogP contribution in [0.2, 0.25) is 0 Å². The average Bonchev–Trinajstić information content (AvgIpc) is 3.93. The van der Waals surface area contributed by atoms with E-state index < -0.39 is 0 Å². The van der Waals surface area contributed by atoms with E-state index in [-0.39, 0.29) is 22.8 Å². The summed E-state index contributed by atoms with van der Waals surface area (Å²) in [6, 6.07) is 20.2. The molecule has 2 N–H and O–H groups in total. The molecule has 236 valence electrons. The Kier molecular flexibility index (Phi) is 8.93. The molecule has 0 unspecified atom stereocenters. The topological polar surface area (TPSA) is 63.8 Å². The molecule has 4 atom stereocenters. The fraction of sp³-hybridized carbons (Fsp3) is 0.459. The third-order valence-electron chi connectivity index (χ3n) is 10.1. The molecule has 2 aromatic heterocycles. The van der Waals surface area contributed by atoms with Crippen LogP contribution in [0.4, 0.5) is 0 Å². The van der Waals surface area contributed by atoms with E-state index in [1.807, 2.05) is 12.4 Å². The van der Waals surface area contributed by atoms with Crippen LogP contribution in [0, 0.1) is 18.8 Å².